The predicted molar refractivity (Wildman–Crippen MR) is 61.8 cm³/mol. The molecule has 0 aromatic rings. The first kappa shape index (κ1) is 12.0. The van der Waals surface area contributed by atoms with E-state index in [1.165, 1.54) is 17.6 Å². The maximum atomic E-state index is 3.81. The van der Waals surface area contributed by atoms with Crippen molar-refractivity contribution in [2.45, 2.75) is 33.1 Å². The van der Waals surface area contributed by atoms with E-state index in [-0.39, 0.29) is 0 Å². The van der Waals surface area contributed by atoms with Gasteiger partial charge < -0.3 is 0 Å². The summed E-state index contributed by atoms with van der Waals surface area (Å²) in [6.07, 6.45) is 11.4. The first-order valence-electron chi connectivity index (χ1n) is 4.93. The third-order valence-corrected chi connectivity index (χ3v) is 1.91. The largest absolute Gasteiger partial charge is 0.0991 e. The molecule has 72 valence electrons. The minimum atomic E-state index is 1.05. The first-order valence-corrected chi connectivity index (χ1v) is 4.93. The summed E-state index contributed by atoms with van der Waals surface area (Å²) in [5, 5.41) is 0. The molecule has 0 fully saturated rings. The van der Waals surface area contributed by atoms with E-state index in [1.807, 2.05) is 12.2 Å². The monoisotopic (exact) mass is 176 g/mol. The SMILES string of the molecule is C=C/C=C(\C=C(/C=C)CCC)CC. The Balaban J connectivity index is 4.52. The van der Waals surface area contributed by atoms with Gasteiger partial charge in [0.05, 0.1) is 0 Å². The molecule has 0 N–H and O–H groups in total. The van der Waals surface area contributed by atoms with Crippen LogP contribution < -0.4 is 0 Å². The second-order valence-corrected chi connectivity index (χ2v) is 3.00. The second kappa shape index (κ2) is 7.60. The smallest absolute Gasteiger partial charge is 0.0282 e. The van der Waals surface area contributed by atoms with Crippen molar-refractivity contribution in [2.24, 2.45) is 0 Å². The summed E-state index contributed by atoms with van der Waals surface area (Å²) in [5.74, 6) is 0. The minimum Gasteiger partial charge on any atom is -0.0991 e. The summed E-state index contributed by atoms with van der Waals surface area (Å²) in [5.41, 5.74) is 2.64. The molecule has 0 rings (SSSR count). The molecule has 0 heteroatoms. The van der Waals surface area contributed by atoms with E-state index in [1.54, 1.807) is 0 Å². The van der Waals surface area contributed by atoms with Crippen LogP contribution in [0.15, 0.2) is 48.6 Å². The molecule has 13 heavy (non-hydrogen) atoms. The Morgan fingerprint density at radius 2 is 1.85 bits per heavy atom. The fourth-order valence-corrected chi connectivity index (χ4v) is 1.18. The van der Waals surface area contributed by atoms with Crippen molar-refractivity contribution in [1.82, 2.24) is 0 Å². The van der Waals surface area contributed by atoms with Crippen molar-refractivity contribution in [3.05, 3.63) is 48.6 Å². The average molecular weight is 176 g/mol. The average Bonchev–Trinajstić information content (AvgIpc) is 2.16. The molecule has 0 aromatic heterocycles. The standard InChI is InChI=1S/C13H20/c1-5-9-12(7-3)11-13(8-4)10-6-2/h5,8-9,11H,1,4,6-7,10H2,2-3H3/b12-9-,13-11+. The van der Waals surface area contributed by atoms with Gasteiger partial charge in [0.15, 0.2) is 0 Å². The first-order chi connectivity index (χ1) is 6.28. The van der Waals surface area contributed by atoms with Crippen LogP contribution in [0, 0.1) is 0 Å². The van der Waals surface area contributed by atoms with Crippen LogP contribution in [0.4, 0.5) is 0 Å². The van der Waals surface area contributed by atoms with Crippen LogP contribution in [0.5, 0.6) is 0 Å². The Kier molecular flexibility index (Phi) is 6.99. The molecule has 0 radical (unpaired) electrons. The van der Waals surface area contributed by atoms with Gasteiger partial charge in [0.25, 0.3) is 0 Å². The molecular weight excluding hydrogens is 156 g/mol. The van der Waals surface area contributed by atoms with Crippen LogP contribution in [0.1, 0.15) is 33.1 Å². The summed E-state index contributed by atoms with van der Waals surface area (Å²) in [6, 6.07) is 0. The highest BCUT2D eigenvalue weighted by atomic mass is 14.0. The zero-order chi connectivity index (χ0) is 10.1. The summed E-state index contributed by atoms with van der Waals surface area (Å²) >= 11 is 0. The molecule has 0 heterocycles. The predicted octanol–water partition coefficient (Wildman–Crippen LogP) is 4.42. The Morgan fingerprint density at radius 1 is 1.15 bits per heavy atom. The van der Waals surface area contributed by atoms with Gasteiger partial charge in [-0.1, -0.05) is 57.7 Å². The number of allylic oxidation sites excluding steroid dienone is 6. The van der Waals surface area contributed by atoms with Crippen LogP contribution in [-0.2, 0) is 0 Å². The number of hydrogen-bond acceptors (Lipinski definition) is 0. The third-order valence-electron chi connectivity index (χ3n) is 1.91. The van der Waals surface area contributed by atoms with Crippen molar-refractivity contribution in [1.29, 1.82) is 0 Å². The van der Waals surface area contributed by atoms with Crippen LogP contribution in [0.2, 0.25) is 0 Å². The Labute approximate surface area is 82.4 Å². The lowest BCUT2D eigenvalue weighted by atomic mass is 10.1. The van der Waals surface area contributed by atoms with Gasteiger partial charge in [-0.15, -0.1) is 0 Å². The molecule has 0 amide bonds. The summed E-state index contributed by atoms with van der Waals surface area (Å²) < 4.78 is 0. The fraction of sp³-hybridized carbons (Fsp3) is 0.385. The normalized spacial score (nSPS) is 12.8. The van der Waals surface area contributed by atoms with Gasteiger partial charge >= 0.3 is 0 Å². The van der Waals surface area contributed by atoms with Crippen molar-refractivity contribution in [2.75, 3.05) is 0 Å². The molecule has 0 aliphatic rings. The maximum absolute atomic E-state index is 3.81. The molecule has 0 spiro atoms. The molecule has 0 aliphatic carbocycles. The molecule has 0 atom stereocenters. The summed E-state index contributed by atoms with van der Waals surface area (Å²) in [7, 11) is 0. The highest BCUT2D eigenvalue weighted by molar-refractivity contribution is 5.30. The van der Waals surface area contributed by atoms with Gasteiger partial charge in [-0.05, 0) is 24.0 Å². The van der Waals surface area contributed by atoms with E-state index in [0.717, 1.165) is 12.8 Å². The highest BCUT2D eigenvalue weighted by Crippen LogP contribution is 2.12. The Bertz CT molecular complexity index is 216. The number of hydrogen-bond donors (Lipinski definition) is 0. The van der Waals surface area contributed by atoms with E-state index in [2.05, 4.69) is 39.2 Å². The lowest BCUT2D eigenvalue weighted by Gasteiger charge is -2.01. The molecule has 0 nitrogen and oxygen atoms in total. The van der Waals surface area contributed by atoms with Gasteiger partial charge in [-0.3, -0.25) is 0 Å². The molecule has 0 bridgehead atoms. The highest BCUT2D eigenvalue weighted by Gasteiger charge is 1.92. The van der Waals surface area contributed by atoms with Crippen LogP contribution in [-0.4, -0.2) is 0 Å². The second-order valence-electron chi connectivity index (χ2n) is 3.00. The van der Waals surface area contributed by atoms with E-state index < -0.39 is 0 Å². The van der Waals surface area contributed by atoms with E-state index in [9.17, 15) is 0 Å². The van der Waals surface area contributed by atoms with Crippen molar-refractivity contribution in [3.8, 4) is 0 Å². The maximum Gasteiger partial charge on any atom is -0.0282 e. The number of rotatable bonds is 6. The minimum absolute atomic E-state index is 1.05. The lowest BCUT2D eigenvalue weighted by Crippen LogP contribution is -1.81. The third kappa shape index (κ3) is 5.24. The van der Waals surface area contributed by atoms with Gasteiger partial charge in [0.2, 0.25) is 0 Å². The summed E-state index contributed by atoms with van der Waals surface area (Å²) in [6.45, 7) is 11.8. The van der Waals surface area contributed by atoms with E-state index in [0.29, 0.717) is 0 Å². The van der Waals surface area contributed by atoms with E-state index in [4.69, 9.17) is 0 Å². The fourth-order valence-electron chi connectivity index (χ4n) is 1.18. The molecule has 0 unspecified atom stereocenters. The van der Waals surface area contributed by atoms with E-state index >= 15 is 0 Å². The Morgan fingerprint density at radius 3 is 2.23 bits per heavy atom. The zero-order valence-corrected chi connectivity index (χ0v) is 8.84. The van der Waals surface area contributed by atoms with Crippen molar-refractivity contribution >= 4 is 0 Å². The topological polar surface area (TPSA) is 0 Å². The van der Waals surface area contributed by atoms with Crippen LogP contribution >= 0.6 is 0 Å². The Hall–Kier alpha value is -1.04. The zero-order valence-electron chi connectivity index (χ0n) is 8.84. The van der Waals surface area contributed by atoms with Gasteiger partial charge in [0, 0.05) is 0 Å². The van der Waals surface area contributed by atoms with Gasteiger partial charge in [-0.2, -0.15) is 0 Å². The molecule has 0 saturated heterocycles. The van der Waals surface area contributed by atoms with Gasteiger partial charge in [-0.25, -0.2) is 0 Å². The molecule has 0 aromatic carbocycles. The molecular formula is C13H20. The molecule has 0 aliphatic heterocycles. The van der Waals surface area contributed by atoms with Gasteiger partial charge in [0.1, 0.15) is 0 Å². The van der Waals surface area contributed by atoms with Crippen LogP contribution in [0.25, 0.3) is 0 Å². The quantitative estimate of drug-likeness (QED) is 0.525. The van der Waals surface area contributed by atoms with Crippen LogP contribution in [0.3, 0.4) is 0 Å². The lowest BCUT2D eigenvalue weighted by molar-refractivity contribution is 0.923. The van der Waals surface area contributed by atoms with Crippen molar-refractivity contribution < 1.29 is 0 Å². The molecule has 0 saturated carbocycles. The van der Waals surface area contributed by atoms with Crippen molar-refractivity contribution in [3.63, 3.8) is 0 Å². The summed E-state index contributed by atoms with van der Waals surface area (Å²) in [4.78, 5) is 0.